The Morgan fingerprint density at radius 3 is 1.38 bits per heavy atom. The summed E-state index contributed by atoms with van der Waals surface area (Å²) in [5.41, 5.74) is 17.7. The van der Waals surface area contributed by atoms with Crippen molar-refractivity contribution in [2.24, 2.45) is 0 Å². The summed E-state index contributed by atoms with van der Waals surface area (Å²) in [5, 5.41) is 4.97. The van der Waals surface area contributed by atoms with Crippen LogP contribution in [0.2, 0.25) is 0 Å². The number of rotatable bonds is 8. The van der Waals surface area contributed by atoms with Crippen molar-refractivity contribution in [1.82, 2.24) is 0 Å². The van der Waals surface area contributed by atoms with Crippen LogP contribution in [0.15, 0.2) is 261 Å². The smallest absolute Gasteiger partial charge is 0.0714 e. The van der Waals surface area contributed by atoms with Gasteiger partial charge in [0.25, 0.3) is 0 Å². The highest BCUT2D eigenvalue weighted by Crippen LogP contribution is 2.57. The standard InChI is InChI=1S/C63H43N/c1-4-15-44(16-5-1)48-27-29-51-42-49(28-30-50(51)41-48)45-31-35-54(36-32-45)64(55-37-33-47(34-38-55)58-25-14-18-46-17-10-11-23-57(46)58)56-39-40-60-59-24-12-13-26-61(59)63(62(60)43-56,52-19-6-2-7-20-52)53-21-8-3-9-22-53/h1-43H. The van der Waals surface area contributed by atoms with E-state index >= 15 is 0 Å². The first-order chi connectivity index (χ1) is 31.7. The van der Waals surface area contributed by atoms with Crippen LogP contribution in [-0.2, 0) is 5.41 Å². The normalized spacial score (nSPS) is 12.5. The van der Waals surface area contributed by atoms with Crippen LogP contribution in [0.5, 0.6) is 0 Å². The van der Waals surface area contributed by atoms with Crippen LogP contribution in [0.25, 0.3) is 66.1 Å². The van der Waals surface area contributed by atoms with Gasteiger partial charge in [0.05, 0.1) is 5.41 Å². The van der Waals surface area contributed by atoms with E-state index in [-0.39, 0.29) is 0 Å². The van der Waals surface area contributed by atoms with Crippen molar-refractivity contribution in [3.05, 3.63) is 283 Å². The molecule has 1 heteroatoms. The third kappa shape index (κ3) is 6.24. The molecule has 300 valence electrons. The number of nitrogens with zero attached hydrogens (tertiary/aromatic N) is 1. The molecule has 0 radical (unpaired) electrons. The molecule has 0 heterocycles. The van der Waals surface area contributed by atoms with Crippen molar-refractivity contribution in [3.63, 3.8) is 0 Å². The van der Waals surface area contributed by atoms with E-state index in [1.807, 2.05) is 0 Å². The molecule has 0 spiro atoms. The molecule has 0 aromatic heterocycles. The molecule has 11 aromatic rings. The van der Waals surface area contributed by atoms with Crippen LogP contribution in [-0.4, -0.2) is 0 Å². The van der Waals surface area contributed by atoms with Gasteiger partial charge in [-0.05, 0) is 137 Å². The molecule has 0 bridgehead atoms. The lowest BCUT2D eigenvalue weighted by Crippen LogP contribution is -2.28. The van der Waals surface area contributed by atoms with Crippen LogP contribution in [0.3, 0.4) is 0 Å². The van der Waals surface area contributed by atoms with Gasteiger partial charge in [0.1, 0.15) is 0 Å². The molecular weight excluding hydrogens is 771 g/mol. The molecule has 11 aromatic carbocycles. The molecule has 1 aliphatic rings. The monoisotopic (exact) mass is 813 g/mol. The first-order valence-corrected chi connectivity index (χ1v) is 22.2. The van der Waals surface area contributed by atoms with E-state index in [0.29, 0.717) is 0 Å². The van der Waals surface area contributed by atoms with E-state index < -0.39 is 5.41 Å². The Morgan fingerprint density at radius 2 is 0.719 bits per heavy atom. The van der Waals surface area contributed by atoms with Crippen LogP contribution < -0.4 is 4.90 Å². The van der Waals surface area contributed by atoms with E-state index in [0.717, 1.165) is 17.1 Å². The lowest BCUT2D eigenvalue weighted by molar-refractivity contribution is 0.768. The number of anilines is 3. The average molecular weight is 814 g/mol. The maximum atomic E-state index is 2.45. The van der Waals surface area contributed by atoms with Gasteiger partial charge in [-0.1, -0.05) is 212 Å². The van der Waals surface area contributed by atoms with Crippen molar-refractivity contribution in [2.45, 2.75) is 5.41 Å². The quantitative estimate of drug-likeness (QED) is 0.148. The van der Waals surface area contributed by atoms with E-state index in [4.69, 9.17) is 0 Å². The van der Waals surface area contributed by atoms with Crippen molar-refractivity contribution < 1.29 is 0 Å². The third-order valence-electron chi connectivity index (χ3n) is 13.3. The van der Waals surface area contributed by atoms with E-state index in [2.05, 4.69) is 266 Å². The highest BCUT2D eigenvalue weighted by atomic mass is 15.1. The average Bonchev–Trinajstić information content (AvgIpc) is 3.67. The molecule has 0 amide bonds. The zero-order chi connectivity index (χ0) is 42.5. The maximum Gasteiger partial charge on any atom is 0.0714 e. The molecule has 0 saturated heterocycles. The fraction of sp³-hybridized carbons (Fsp3) is 0.0159. The molecule has 0 N–H and O–H groups in total. The first-order valence-electron chi connectivity index (χ1n) is 22.2. The van der Waals surface area contributed by atoms with Gasteiger partial charge in [-0.3, -0.25) is 0 Å². The topological polar surface area (TPSA) is 3.24 Å². The summed E-state index contributed by atoms with van der Waals surface area (Å²) in [7, 11) is 0. The summed E-state index contributed by atoms with van der Waals surface area (Å²) >= 11 is 0. The predicted octanol–water partition coefficient (Wildman–Crippen LogP) is 16.8. The highest BCUT2D eigenvalue weighted by Gasteiger charge is 2.46. The Kier molecular flexibility index (Phi) is 9.13. The molecular formula is C63H43N. The third-order valence-corrected chi connectivity index (χ3v) is 13.3. The van der Waals surface area contributed by atoms with Crippen LogP contribution in [0.1, 0.15) is 22.3 Å². The Hall–Kier alpha value is -8.26. The van der Waals surface area contributed by atoms with Gasteiger partial charge in [-0.2, -0.15) is 0 Å². The summed E-state index contributed by atoms with van der Waals surface area (Å²) in [6, 6.07) is 95.8. The predicted molar refractivity (Wildman–Crippen MR) is 270 cm³/mol. The van der Waals surface area contributed by atoms with E-state index in [1.54, 1.807) is 0 Å². The molecule has 12 rings (SSSR count). The van der Waals surface area contributed by atoms with Gasteiger partial charge in [0.15, 0.2) is 0 Å². The van der Waals surface area contributed by atoms with Crippen LogP contribution in [0, 0.1) is 0 Å². The van der Waals surface area contributed by atoms with Gasteiger partial charge in [-0.15, -0.1) is 0 Å². The number of hydrogen-bond donors (Lipinski definition) is 0. The van der Waals surface area contributed by atoms with Crippen molar-refractivity contribution in [1.29, 1.82) is 0 Å². The van der Waals surface area contributed by atoms with Gasteiger partial charge in [0, 0.05) is 17.1 Å². The van der Waals surface area contributed by atoms with E-state index in [9.17, 15) is 0 Å². The van der Waals surface area contributed by atoms with Gasteiger partial charge in [0.2, 0.25) is 0 Å². The fourth-order valence-corrected chi connectivity index (χ4v) is 10.3. The van der Waals surface area contributed by atoms with Crippen LogP contribution in [0.4, 0.5) is 17.1 Å². The zero-order valence-corrected chi connectivity index (χ0v) is 35.3. The lowest BCUT2D eigenvalue weighted by atomic mass is 9.67. The lowest BCUT2D eigenvalue weighted by Gasteiger charge is -2.35. The second kappa shape index (κ2) is 15.6. The minimum absolute atomic E-state index is 0.504. The number of fused-ring (bicyclic) bond motifs is 5. The molecule has 0 saturated carbocycles. The molecule has 0 aliphatic heterocycles. The van der Waals surface area contributed by atoms with Gasteiger partial charge >= 0.3 is 0 Å². The SMILES string of the molecule is c1ccc(-c2ccc3cc(-c4ccc(N(c5ccc(-c6cccc7ccccc67)cc5)c5ccc6c(c5)C(c5ccccc5)(c5ccccc5)c5ccccc5-6)cc4)ccc3c2)cc1. The molecule has 0 atom stereocenters. The van der Waals surface area contributed by atoms with Crippen molar-refractivity contribution >= 4 is 38.6 Å². The molecule has 0 fully saturated rings. The summed E-state index contributed by atoms with van der Waals surface area (Å²) in [6.45, 7) is 0. The second-order valence-electron chi connectivity index (χ2n) is 16.9. The fourth-order valence-electron chi connectivity index (χ4n) is 10.3. The van der Waals surface area contributed by atoms with Gasteiger partial charge < -0.3 is 4.90 Å². The Bertz CT molecular complexity index is 3420. The summed E-state index contributed by atoms with van der Waals surface area (Å²) in [4.78, 5) is 2.42. The number of hydrogen-bond acceptors (Lipinski definition) is 1. The van der Waals surface area contributed by atoms with Gasteiger partial charge in [-0.25, -0.2) is 0 Å². The summed E-state index contributed by atoms with van der Waals surface area (Å²) in [6.07, 6.45) is 0. The Balaban J connectivity index is 0.998. The Morgan fingerprint density at radius 1 is 0.250 bits per heavy atom. The number of benzene rings is 11. The van der Waals surface area contributed by atoms with Crippen molar-refractivity contribution in [3.8, 4) is 44.5 Å². The Labute approximate surface area is 374 Å². The zero-order valence-electron chi connectivity index (χ0n) is 35.3. The van der Waals surface area contributed by atoms with Crippen LogP contribution >= 0.6 is 0 Å². The summed E-state index contributed by atoms with van der Waals surface area (Å²) < 4.78 is 0. The van der Waals surface area contributed by atoms with Crippen molar-refractivity contribution in [2.75, 3.05) is 4.90 Å². The molecule has 1 nitrogen and oxygen atoms in total. The molecule has 1 aliphatic carbocycles. The largest absolute Gasteiger partial charge is 0.310 e. The summed E-state index contributed by atoms with van der Waals surface area (Å²) in [5.74, 6) is 0. The van der Waals surface area contributed by atoms with E-state index in [1.165, 1.54) is 88.3 Å². The second-order valence-corrected chi connectivity index (χ2v) is 16.9. The minimum atomic E-state index is -0.504. The molecule has 64 heavy (non-hydrogen) atoms. The minimum Gasteiger partial charge on any atom is -0.310 e. The highest BCUT2D eigenvalue weighted by molar-refractivity contribution is 5.97. The first kappa shape index (κ1) is 37.5. The maximum absolute atomic E-state index is 2.45. The molecule has 0 unspecified atom stereocenters.